The summed E-state index contributed by atoms with van der Waals surface area (Å²) in [7, 11) is 0. The topological polar surface area (TPSA) is 114 Å². The summed E-state index contributed by atoms with van der Waals surface area (Å²) in [4.78, 5) is 22.1. The van der Waals surface area contributed by atoms with Crippen LogP contribution in [-0.4, -0.2) is 28.8 Å². The molecule has 0 fully saturated rings. The van der Waals surface area contributed by atoms with Crippen molar-refractivity contribution < 1.29 is 19.6 Å². The van der Waals surface area contributed by atoms with E-state index in [1.54, 1.807) is 24.3 Å². The summed E-state index contributed by atoms with van der Waals surface area (Å²) in [5, 5.41) is 24.5. The van der Waals surface area contributed by atoms with E-state index < -0.39 is 16.4 Å². The van der Waals surface area contributed by atoms with Gasteiger partial charge in [0.05, 0.1) is 24.2 Å². The lowest BCUT2D eigenvalue weighted by Gasteiger charge is -2.05. The Bertz CT molecular complexity index is 837. The van der Waals surface area contributed by atoms with Crippen molar-refractivity contribution in [2.75, 3.05) is 6.61 Å². The number of ether oxygens (including phenoxy) is 1. The number of nitrogens with one attached hydrogen (secondary N) is 1. The molecule has 0 atom stereocenters. The Morgan fingerprint density at radius 3 is 2.69 bits per heavy atom. The Balaban J connectivity index is 1.99. The molecule has 8 nitrogen and oxygen atoms in total. The molecule has 0 spiro atoms. The number of phenolic OH excluding ortho intramolecular Hbond substituents is 1. The Hall–Kier alpha value is -2.94. The van der Waals surface area contributed by atoms with Crippen LogP contribution in [0.2, 0.25) is 0 Å². The molecule has 2 aromatic carbocycles. The van der Waals surface area contributed by atoms with E-state index in [1.165, 1.54) is 12.1 Å². The highest BCUT2D eigenvalue weighted by Gasteiger charge is 2.17. The van der Waals surface area contributed by atoms with E-state index in [2.05, 4.69) is 26.5 Å². The van der Waals surface area contributed by atoms with E-state index in [-0.39, 0.29) is 17.9 Å². The maximum atomic E-state index is 11.9. The van der Waals surface area contributed by atoms with Crippen molar-refractivity contribution in [3.05, 3.63) is 62.1 Å². The summed E-state index contributed by atoms with van der Waals surface area (Å²) < 4.78 is 5.73. The third kappa shape index (κ3) is 5.28. The molecule has 0 aliphatic heterocycles. The van der Waals surface area contributed by atoms with Gasteiger partial charge in [0.15, 0.2) is 0 Å². The van der Waals surface area contributed by atoms with Crippen LogP contribution in [0, 0.1) is 10.1 Å². The second-order valence-corrected chi connectivity index (χ2v) is 6.08. The number of nitro groups is 1. The summed E-state index contributed by atoms with van der Waals surface area (Å²) >= 11 is 3.12. The van der Waals surface area contributed by atoms with Crippen molar-refractivity contribution in [1.82, 2.24) is 5.43 Å². The third-order valence-electron chi connectivity index (χ3n) is 3.27. The van der Waals surface area contributed by atoms with Gasteiger partial charge in [-0.25, -0.2) is 5.43 Å². The molecular weight excluding hydrogens is 406 g/mol. The number of benzene rings is 2. The van der Waals surface area contributed by atoms with Gasteiger partial charge in [0.2, 0.25) is 11.7 Å². The Kier molecular flexibility index (Phi) is 6.67. The van der Waals surface area contributed by atoms with Gasteiger partial charge in [-0.2, -0.15) is 5.10 Å². The first-order valence-corrected chi connectivity index (χ1v) is 8.40. The predicted molar refractivity (Wildman–Crippen MR) is 99.5 cm³/mol. The quantitative estimate of drug-likeness (QED) is 0.404. The average molecular weight is 422 g/mol. The molecule has 1 amide bonds. The van der Waals surface area contributed by atoms with E-state index in [9.17, 15) is 20.0 Å². The van der Waals surface area contributed by atoms with Gasteiger partial charge in [0.1, 0.15) is 5.75 Å². The molecule has 0 aliphatic rings. The zero-order valence-electron chi connectivity index (χ0n) is 13.8. The Labute approximate surface area is 157 Å². The van der Waals surface area contributed by atoms with Crippen LogP contribution in [0.15, 0.2) is 46.0 Å². The molecule has 0 unspecified atom stereocenters. The molecule has 9 heteroatoms. The van der Waals surface area contributed by atoms with Crippen molar-refractivity contribution in [2.24, 2.45) is 5.10 Å². The second-order valence-electron chi connectivity index (χ2n) is 5.17. The second kappa shape index (κ2) is 8.95. The molecule has 0 radical (unpaired) electrons. The van der Waals surface area contributed by atoms with Crippen LogP contribution in [0.4, 0.5) is 5.69 Å². The summed E-state index contributed by atoms with van der Waals surface area (Å²) in [5.41, 5.74) is 2.74. The van der Waals surface area contributed by atoms with Crippen molar-refractivity contribution in [1.29, 1.82) is 0 Å². The van der Waals surface area contributed by atoms with Crippen LogP contribution in [0.1, 0.15) is 18.1 Å². The van der Waals surface area contributed by atoms with Crippen LogP contribution in [0.5, 0.6) is 11.5 Å². The van der Waals surface area contributed by atoms with Crippen LogP contribution < -0.4 is 10.2 Å². The van der Waals surface area contributed by atoms with Gasteiger partial charge in [-0.05, 0) is 30.7 Å². The van der Waals surface area contributed by atoms with Crippen molar-refractivity contribution >= 4 is 33.7 Å². The smallest absolute Gasteiger partial charge is 0.312 e. The van der Waals surface area contributed by atoms with Crippen LogP contribution >= 0.6 is 15.9 Å². The number of hydrazone groups is 1. The minimum absolute atomic E-state index is 0.104. The summed E-state index contributed by atoms with van der Waals surface area (Å²) in [6, 6.07) is 9.72. The number of hydrogen-bond acceptors (Lipinski definition) is 6. The maximum Gasteiger partial charge on any atom is 0.312 e. The number of nitrogens with zero attached hydrogens (tertiary/aromatic N) is 2. The highest BCUT2D eigenvalue weighted by atomic mass is 79.9. The number of carbonyl (C=O) groups is 1. The van der Waals surface area contributed by atoms with Gasteiger partial charge in [-0.15, -0.1) is 0 Å². The van der Waals surface area contributed by atoms with E-state index in [0.717, 1.165) is 17.5 Å². The van der Waals surface area contributed by atoms with Crippen molar-refractivity contribution in [3.63, 3.8) is 0 Å². The minimum Gasteiger partial charge on any atom is -0.502 e. The molecule has 2 aromatic rings. The first-order chi connectivity index (χ1) is 12.4. The molecule has 0 aliphatic carbocycles. The molecule has 0 saturated carbocycles. The first-order valence-electron chi connectivity index (χ1n) is 7.61. The minimum atomic E-state index is -0.706. The molecule has 26 heavy (non-hydrogen) atoms. The standard InChI is InChI=1S/C17H16BrN3O5/c1-2-26-14-5-3-11(4-6-14)7-16(22)20-19-10-12-8-13(18)9-15(17(12)23)21(24)25/h3-6,8-10,23H,2,7H2,1H3,(H,20,22)/b19-10+. The molecule has 136 valence electrons. The molecule has 2 N–H and O–H groups in total. The lowest BCUT2D eigenvalue weighted by atomic mass is 10.1. The molecule has 0 saturated heterocycles. The summed E-state index contributed by atoms with van der Waals surface area (Å²) in [5.74, 6) is -0.168. The first kappa shape index (κ1) is 19.4. The fraction of sp³-hybridized carbons (Fsp3) is 0.176. The monoisotopic (exact) mass is 421 g/mol. The number of phenols is 1. The molecular formula is C17H16BrN3O5. The number of carbonyl (C=O) groups excluding carboxylic acids is 1. The Morgan fingerprint density at radius 2 is 2.08 bits per heavy atom. The van der Waals surface area contributed by atoms with Gasteiger partial charge in [-0.1, -0.05) is 28.1 Å². The van der Waals surface area contributed by atoms with E-state index >= 15 is 0 Å². The van der Waals surface area contributed by atoms with E-state index in [4.69, 9.17) is 4.74 Å². The van der Waals surface area contributed by atoms with Gasteiger partial charge < -0.3 is 9.84 Å². The number of aromatic hydroxyl groups is 1. The lowest BCUT2D eigenvalue weighted by molar-refractivity contribution is -0.385. The summed E-state index contributed by atoms with van der Waals surface area (Å²) in [6.45, 7) is 2.45. The predicted octanol–water partition coefficient (Wildman–Crippen LogP) is 3.15. The van der Waals surface area contributed by atoms with Gasteiger partial charge in [0, 0.05) is 16.1 Å². The highest BCUT2D eigenvalue weighted by Crippen LogP contribution is 2.32. The fourth-order valence-corrected chi connectivity index (χ4v) is 2.58. The molecule has 0 heterocycles. The van der Waals surface area contributed by atoms with Crippen LogP contribution in [0.3, 0.4) is 0 Å². The molecule has 2 rings (SSSR count). The van der Waals surface area contributed by atoms with Gasteiger partial charge in [0.25, 0.3) is 0 Å². The van der Waals surface area contributed by atoms with Gasteiger partial charge >= 0.3 is 5.69 Å². The third-order valence-corrected chi connectivity index (χ3v) is 3.73. The van der Waals surface area contributed by atoms with E-state index in [1.807, 2.05) is 6.92 Å². The average Bonchev–Trinajstić information content (AvgIpc) is 2.59. The fourth-order valence-electron chi connectivity index (χ4n) is 2.11. The zero-order chi connectivity index (χ0) is 19.1. The van der Waals surface area contributed by atoms with Gasteiger partial charge in [-0.3, -0.25) is 14.9 Å². The largest absolute Gasteiger partial charge is 0.502 e. The van der Waals surface area contributed by atoms with E-state index in [0.29, 0.717) is 11.1 Å². The van der Waals surface area contributed by atoms with Crippen molar-refractivity contribution in [2.45, 2.75) is 13.3 Å². The van der Waals surface area contributed by atoms with Crippen LogP contribution in [-0.2, 0) is 11.2 Å². The zero-order valence-corrected chi connectivity index (χ0v) is 15.4. The van der Waals surface area contributed by atoms with Crippen molar-refractivity contribution in [3.8, 4) is 11.5 Å². The number of hydrogen-bond donors (Lipinski definition) is 2. The molecule has 0 aromatic heterocycles. The number of halogens is 1. The number of rotatable bonds is 7. The Morgan fingerprint density at radius 1 is 1.38 bits per heavy atom. The molecule has 0 bridgehead atoms. The van der Waals surface area contributed by atoms with Crippen LogP contribution in [0.25, 0.3) is 0 Å². The number of nitro benzene ring substituents is 1. The SMILES string of the molecule is CCOc1ccc(CC(=O)N/N=C/c2cc(Br)cc([N+](=O)[O-])c2O)cc1. The normalized spacial score (nSPS) is 10.7. The highest BCUT2D eigenvalue weighted by molar-refractivity contribution is 9.10. The summed E-state index contributed by atoms with van der Waals surface area (Å²) in [6.07, 6.45) is 1.25. The lowest BCUT2D eigenvalue weighted by Crippen LogP contribution is -2.19. The number of amides is 1. The maximum absolute atomic E-state index is 11.9.